The minimum atomic E-state index is -3.77. The molecular weight excluding hydrogens is 486 g/mol. The number of carbonyl (C=O) groups is 1. The lowest BCUT2D eigenvalue weighted by Gasteiger charge is -2.22. The van der Waals surface area contributed by atoms with Crippen LogP contribution in [-0.2, 0) is 10.0 Å². The molecule has 0 aliphatic heterocycles. The van der Waals surface area contributed by atoms with E-state index in [1.807, 2.05) is 13.8 Å². The molecule has 1 aliphatic rings. The Morgan fingerprint density at radius 1 is 0.892 bits per heavy atom. The molecular formula is C29H33N3O4S. The number of hydrazone groups is 1. The third-order valence-electron chi connectivity index (χ3n) is 6.57. The molecule has 1 amide bonds. The van der Waals surface area contributed by atoms with Crippen molar-refractivity contribution in [3.05, 3.63) is 89.5 Å². The first kappa shape index (κ1) is 26.4. The maximum Gasteiger partial charge on any atom is 0.271 e. The molecule has 1 aliphatic carbocycles. The standard InChI is InChI=1S/C29H33N3O4S/c1-3-36-27-17-19-28(20-18-27)37(34,35)32-26-15-13-25(14-16-26)29(33)31-30-21(2)22-9-11-24(12-10-22)23-7-5-4-6-8-23/h9-20,23,32H,3-8H2,1-2H3,(H,31,33)/b30-21+. The lowest BCUT2D eigenvalue weighted by atomic mass is 9.84. The number of benzene rings is 3. The van der Waals surface area contributed by atoms with Crippen LogP contribution in [0.4, 0.5) is 5.69 Å². The van der Waals surface area contributed by atoms with Gasteiger partial charge in [-0.15, -0.1) is 0 Å². The molecule has 0 saturated heterocycles. The van der Waals surface area contributed by atoms with Gasteiger partial charge in [0.2, 0.25) is 0 Å². The van der Waals surface area contributed by atoms with Crippen LogP contribution in [0, 0.1) is 0 Å². The van der Waals surface area contributed by atoms with Crippen molar-refractivity contribution in [2.24, 2.45) is 5.10 Å². The van der Waals surface area contributed by atoms with Crippen LogP contribution in [0.15, 0.2) is 82.8 Å². The van der Waals surface area contributed by atoms with Crippen LogP contribution in [0.25, 0.3) is 0 Å². The van der Waals surface area contributed by atoms with Crippen molar-refractivity contribution in [3.63, 3.8) is 0 Å². The summed E-state index contributed by atoms with van der Waals surface area (Å²) in [7, 11) is -3.77. The lowest BCUT2D eigenvalue weighted by Crippen LogP contribution is -2.19. The Labute approximate surface area is 219 Å². The summed E-state index contributed by atoms with van der Waals surface area (Å²) in [5, 5.41) is 4.25. The summed E-state index contributed by atoms with van der Waals surface area (Å²) in [5.41, 5.74) is 6.34. The monoisotopic (exact) mass is 519 g/mol. The van der Waals surface area contributed by atoms with Gasteiger partial charge < -0.3 is 4.74 Å². The molecule has 0 atom stereocenters. The number of nitrogens with zero attached hydrogens (tertiary/aromatic N) is 1. The summed E-state index contributed by atoms with van der Waals surface area (Å²) < 4.78 is 33.2. The van der Waals surface area contributed by atoms with Crippen molar-refractivity contribution < 1.29 is 17.9 Å². The van der Waals surface area contributed by atoms with Gasteiger partial charge in [-0.05, 0) is 92.3 Å². The molecule has 0 aromatic heterocycles. The average Bonchev–Trinajstić information content (AvgIpc) is 2.93. The molecule has 0 heterocycles. The van der Waals surface area contributed by atoms with Gasteiger partial charge in [0.05, 0.1) is 17.2 Å². The Morgan fingerprint density at radius 3 is 2.14 bits per heavy atom. The number of carbonyl (C=O) groups excluding carboxylic acids is 1. The van der Waals surface area contributed by atoms with Crippen molar-refractivity contribution in [1.29, 1.82) is 0 Å². The minimum Gasteiger partial charge on any atom is -0.494 e. The second-order valence-electron chi connectivity index (χ2n) is 9.18. The Kier molecular flexibility index (Phi) is 8.61. The van der Waals surface area contributed by atoms with E-state index in [1.54, 1.807) is 36.4 Å². The van der Waals surface area contributed by atoms with Gasteiger partial charge >= 0.3 is 0 Å². The van der Waals surface area contributed by atoms with Crippen LogP contribution in [0.5, 0.6) is 5.75 Å². The number of rotatable bonds is 9. The van der Waals surface area contributed by atoms with E-state index in [2.05, 4.69) is 39.5 Å². The van der Waals surface area contributed by atoms with Crippen molar-refractivity contribution in [2.75, 3.05) is 11.3 Å². The number of nitrogens with one attached hydrogen (secondary N) is 2. The first-order valence-corrected chi connectivity index (χ1v) is 14.1. The van der Waals surface area contributed by atoms with Crippen molar-refractivity contribution in [3.8, 4) is 5.75 Å². The fourth-order valence-corrected chi connectivity index (χ4v) is 5.54. The van der Waals surface area contributed by atoms with Crippen molar-refractivity contribution >= 4 is 27.3 Å². The number of hydrogen-bond donors (Lipinski definition) is 2. The smallest absolute Gasteiger partial charge is 0.271 e. The predicted molar refractivity (Wildman–Crippen MR) is 147 cm³/mol. The van der Waals surface area contributed by atoms with Gasteiger partial charge in [0.1, 0.15) is 5.75 Å². The van der Waals surface area contributed by atoms with Gasteiger partial charge in [-0.3, -0.25) is 9.52 Å². The van der Waals surface area contributed by atoms with Crippen molar-refractivity contribution in [1.82, 2.24) is 5.43 Å². The summed E-state index contributed by atoms with van der Waals surface area (Å²) in [6, 6.07) is 20.8. The Morgan fingerprint density at radius 2 is 1.51 bits per heavy atom. The van der Waals surface area contributed by atoms with E-state index in [9.17, 15) is 13.2 Å². The Bertz CT molecular complexity index is 1330. The molecule has 1 fully saturated rings. The zero-order valence-corrected chi connectivity index (χ0v) is 22.1. The number of hydrogen-bond acceptors (Lipinski definition) is 5. The summed E-state index contributed by atoms with van der Waals surface area (Å²) in [4.78, 5) is 12.7. The largest absolute Gasteiger partial charge is 0.494 e. The molecule has 8 heteroatoms. The second kappa shape index (κ2) is 12.1. The zero-order valence-electron chi connectivity index (χ0n) is 21.2. The first-order chi connectivity index (χ1) is 17.9. The highest BCUT2D eigenvalue weighted by molar-refractivity contribution is 7.92. The summed E-state index contributed by atoms with van der Waals surface area (Å²) in [5.74, 6) is 0.874. The Hall–Kier alpha value is -3.65. The van der Waals surface area contributed by atoms with E-state index in [0.717, 1.165) is 5.56 Å². The number of amides is 1. The van der Waals surface area contributed by atoms with E-state index in [1.165, 1.54) is 49.8 Å². The van der Waals surface area contributed by atoms with Crippen LogP contribution in [0.2, 0.25) is 0 Å². The molecule has 0 spiro atoms. The van der Waals surface area contributed by atoms with E-state index < -0.39 is 10.0 Å². The normalized spacial score (nSPS) is 14.7. The maximum atomic E-state index is 12.7. The maximum absolute atomic E-state index is 12.7. The van der Waals surface area contributed by atoms with E-state index in [4.69, 9.17) is 4.74 Å². The topological polar surface area (TPSA) is 96.9 Å². The molecule has 194 valence electrons. The van der Waals surface area contributed by atoms with Crippen LogP contribution in [-0.4, -0.2) is 26.6 Å². The zero-order chi connectivity index (χ0) is 26.3. The third-order valence-corrected chi connectivity index (χ3v) is 7.97. The van der Waals surface area contributed by atoms with Gasteiger partial charge in [0.15, 0.2) is 0 Å². The molecule has 0 bridgehead atoms. The van der Waals surface area contributed by atoms with Gasteiger partial charge in [-0.2, -0.15) is 5.10 Å². The van der Waals surface area contributed by atoms with Crippen molar-refractivity contribution in [2.45, 2.75) is 56.8 Å². The van der Waals surface area contributed by atoms with Crippen LogP contribution >= 0.6 is 0 Å². The van der Waals surface area contributed by atoms with Crippen LogP contribution in [0.3, 0.4) is 0 Å². The number of ether oxygens (including phenoxy) is 1. The Balaban J connectivity index is 1.34. The molecule has 7 nitrogen and oxygen atoms in total. The van der Waals surface area contributed by atoms with Gasteiger partial charge in [-0.1, -0.05) is 43.5 Å². The second-order valence-corrected chi connectivity index (χ2v) is 10.9. The molecule has 0 unspecified atom stereocenters. The van der Waals surface area contributed by atoms with Crippen LogP contribution < -0.4 is 14.9 Å². The van der Waals surface area contributed by atoms with Crippen LogP contribution in [0.1, 0.15) is 73.4 Å². The fourth-order valence-electron chi connectivity index (χ4n) is 4.48. The molecule has 3 aromatic carbocycles. The third kappa shape index (κ3) is 6.98. The quantitative estimate of drug-likeness (QED) is 0.264. The molecule has 37 heavy (non-hydrogen) atoms. The molecule has 4 rings (SSSR count). The average molecular weight is 520 g/mol. The first-order valence-electron chi connectivity index (χ1n) is 12.7. The molecule has 1 saturated carbocycles. The lowest BCUT2D eigenvalue weighted by molar-refractivity contribution is 0.0955. The fraction of sp³-hybridized carbons (Fsp3) is 0.310. The number of sulfonamides is 1. The van der Waals surface area contributed by atoms with Gasteiger partial charge in [0, 0.05) is 11.3 Å². The molecule has 3 aromatic rings. The summed E-state index contributed by atoms with van der Waals surface area (Å²) in [6.07, 6.45) is 6.44. The molecule has 2 N–H and O–H groups in total. The minimum absolute atomic E-state index is 0.120. The van der Waals surface area contributed by atoms with Gasteiger partial charge in [-0.25, -0.2) is 13.8 Å². The summed E-state index contributed by atoms with van der Waals surface area (Å²) in [6.45, 7) is 4.22. The highest BCUT2D eigenvalue weighted by Gasteiger charge is 2.16. The summed E-state index contributed by atoms with van der Waals surface area (Å²) >= 11 is 0. The molecule has 0 radical (unpaired) electrons. The van der Waals surface area contributed by atoms with Gasteiger partial charge in [0.25, 0.3) is 15.9 Å². The van der Waals surface area contributed by atoms with E-state index in [-0.39, 0.29) is 10.8 Å². The van der Waals surface area contributed by atoms with E-state index >= 15 is 0 Å². The highest BCUT2D eigenvalue weighted by Crippen LogP contribution is 2.32. The van der Waals surface area contributed by atoms with E-state index in [0.29, 0.717) is 35.2 Å². The highest BCUT2D eigenvalue weighted by atomic mass is 32.2. The predicted octanol–water partition coefficient (Wildman–Crippen LogP) is 6.09. The SMILES string of the molecule is CCOc1ccc(S(=O)(=O)Nc2ccc(C(=O)N/N=C(\C)c3ccc(C4CCCCC4)cc3)cc2)cc1. The number of anilines is 1.